The zero-order valence-corrected chi connectivity index (χ0v) is 13.6. The van der Waals surface area contributed by atoms with Gasteiger partial charge in [-0.1, -0.05) is 16.4 Å². The van der Waals surface area contributed by atoms with Crippen molar-refractivity contribution in [3.63, 3.8) is 0 Å². The number of hydrogen-bond acceptors (Lipinski definition) is 8. The van der Waals surface area contributed by atoms with E-state index < -0.39 is 21.8 Å². The summed E-state index contributed by atoms with van der Waals surface area (Å²) in [7, 11) is -3.84. The van der Waals surface area contributed by atoms with Crippen LogP contribution < -0.4 is 4.72 Å². The molecule has 0 saturated heterocycles. The highest BCUT2D eigenvalue weighted by atomic mass is 32.2. The van der Waals surface area contributed by atoms with E-state index in [1.165, 1.54) is 20.1 Å². The maximum absolute atomic E-state index is 12.3. The number of aryl methyl sites for hydroxylation is 2. The Morgan fingerprint density at radius 2 is 2.04 bits per heavy atom. The highest BCUT2D eigenvalue weighted by Gasteiger charge is 2.27. The van der Waals surface area contributed by atoms with E-state index in [1.807, 2.05) is 0 Å². The number of aromatic nitrogens is 3. The first-order valence-electron chi connectivity index (χ1n) is 6.88. The molecule has 0 aliphatic carbocycles. The fourth-order valence-corrected chi connectivity index (χ4v) is 3.49. The van der Waals surface area contributed by atoms with Crippen LogP contribution in [0.2, 0.25) is 0 Å². The predicted molar refractivity (Wildman–Crippen MR) is 79.7 cm³/mol. The molecule has 1 atom stereocenters. The van der Waals surface area contributed by atoms with Gasteiger partial charge in [0, 0.05) is 6.21 Å². The smallest absolute Gasteiger partial charge is 0.260 e. The number of sulfonamides is 1. The number of aliphatic imine (C=N–C) groups is 1. The number of carbonyl (C=O) groups is 1. The molecular formula is C13H13N5O5S. The summed E-state index contributed by atoms with van der Waals surface area (Å²) < 4.78 is 36.7. The van der Waals surface area contributed by atoms with E-state index in [0.29, 0.717) is 0 Å². The van der Waals surface area contributed by atoms with Crippen molar-refractivity contribution in [1.29, 1.82) is 0 Å². The first-order valence-corrected chi connectivity index (χ1v) is 8.36. The minimum absolute atomic E-state index is 0.0242. The quantitative estimate of drug-likeness (QED) is 0.816. The molecule has 24 heavy (non-hydrogen) atoms. The number of nitrogens with one attached hydrogen (secondary N) is 1. The fourth-order valence-electron chi connectivity index (χ4n) is 2.19. The van der Waals surface area contributed by atoms with Gasteiger partial charge in [-0.25, -0.2) is 18.1 Å². The van der Waals surface area contributed by atoms with Crippen molar-refractivity contribution in [2.75, 3.05) is 0 Å². The third kappa shape index (κ3) is 3.03. The average Bonchev–Trinajstić information content (AvgIpc) is 3.13. The van der Waals surface area contributed by atoms with Crippen molar-refractivity contribution in [1.82, 2.24) is 20.0 Å². The van der Waals surface area contributed by atoms with E-state index in [9.17, 15) is 13.2 Å². The van der Waals surface area contributed by atoms with Crippen LogP contribution in [0.1, 0.15) is 29.1 Å². The Hall–Kier alpha value is -2.66. The van der Waals surface area contributed by atoms with Crippen LogP contribution in [0.5, 0.6) is 0 Å². The maximum atomic E-state index is 12.3. The summed E-state index contributed by atoms with van der Waals surface area (Å²) in [5.74, 6) is -0.814. The molecule has 11 heteroatoms. The van der Waals surface area contributed by atoms with Gasteiger partial charge in [-0.2, -0.15) is 4.98 Å². The van der Waals surface area contributed by atoms with Crippen molar-refractivity contribution >= 4 is 22.1 Å². The molecule has 1 aliphatic heterocycles. The second-order valence-corrected chi connectivity index (χ2v) is 6.71. The van der Waals surface area contributed by atoms with Gasteiger partial charge >= 0.3 is 0 Å². The van der Waals surface area contributed by atoms with Gasteiger partial charge in [-0.05, 0) is 19.9 Å². The van der Waals surface area contributed by atoms with E-state index in [-0.39, 0.29) is 34.6 Å². The summed E-state index contributed by atoms with van der Waals surface area (Å²) >= 11 is 0. The summed E-state index contributed by atoms with van der Waals surface area (Å²) in [4.78, 5) is 19.3. The normalized spacial score (nSPS) is 17.6. The SMILES string of the molecule is Cc1noc(C)c1S(=O)(=O)NCc1nc(C2C=CC=NC2=O)no1. The summed E-state index contributed by atoms with van der Waals surface area (Å²) in [5, 5.41) is 7.30. The van der Waals surface area contributed by atoms with Crippen molar-refractivity contribution < 1.29 is 22.3 Å². The van der Waals surface area contributed by atoms with Crippen LogP contribution in [0.25, 0.3) is 0 Å². The summed E-state index contributed by atoms with van der Waals surface area (Å²) in [6.07, 6.45) is 4.55. The Balaban J connectivity index is 1.73. The standard InChI is InChI=1S/C13H13N5O5S/c1-7-11(8(2)22-17-7)24(20,21)15-6-10-16-12(18-23-10)9-4-3-5-14-13(9)19/h3-5,9,15H,6H2,1-2H3. The zero-order valence-electron chi connectivity index (χ0n) is 12.8. The lowest BCUT2D eigenvalue weighted by Crippen LogP contribution is -2.24. The molecule has 0 fully saturated rings. The topological polar surface area (TPSA) is 141 Å². The molecule has 1 N–H and O–H groups in total. The lowest BCUT2D eigenvalue weighted by Gasteiger charge is -2.05. The minimum atomic E-state index is -3.84. The Kier molecular flexibility index (Phi) is 4.11. The first-order chi connectivity index (χ1) is 11.4. The molecule has 10 nitrogen and oxygen atoms in total. The van der Waals surface area contributed by atoms with Gasteiger partial charge in [-0.3, -0.25) is 4.79 Å². The molecule has 0 radical (unpaired) electrons. The number of nitrogens with zero attached hydrogens (tertiary/aromatic N) is 4. The van der Waals surface area contributed by atoms with E-state index in [4.69, 9.17) is 9.05 Å². The fraction of sp³-hybridized carbons (Fsp3) is 0.308. The highest BCUT2D eigenvalue weighted by Crippen LogP contribution is 2.20. The van der Waals surface area contributed by atoms with Crippen LogP contribution in [0.3, 0.4) is 0 Å². The van der Waals surface area contributed by atoms with Crippen LogP contribution in [0, 0.1) is 13.8 Å². The Morgan fingerprint density at radius 3 is 2.71 bits per heavy atom. The molecule has 2 aromatic heterocycles. The number of hydrogen-bond donors (Lipinski definition) is 1. The molecule has 1 unspecified atom stereocenters. The minimum Gasteiger partial charge on any atom is -0.360 e. The van der Waals surface area contributed by atoms with Gasteiger partial charge in [0.25, 0.3) is 5.91 Å². The zero-order chi connectivity index (χ0) is 17.3. The number of rotatable bonds is 5. The molecular weight excluding hydrogens is 338 g/mol. The molecule has 3 heterocycles. The first kappa shape index (κ1) is 16.2. The monoisotopic (exact) mass is 351 g/mol. The molecule has 126 valence electrons. The summed E-state index contributed by atoms with van der Waals surface area (Å²) in [6.45, 7) is 2.80. The van der Waals surface area contributed by atoms with E-state index in [0.717, 1.165) is 0 Å². The van der Waals surface area contributed by atoms with Gasteiger partial charge in [-0.15, -0.1) is 0 Å². The van der Waals surface area contributed by atoms with Crippen molar-refractivity contribution in [3.05, 3.63) is 35.3 Å². The summed E-state index contributed by atoms with van der Waals surface area (Å²) in [6, 6.07) is 0. The second kappa shape index (κ2) is 6.09. The van der Waals surface area contributed by atoms with Crippen molar-refractivity contribution in [3.8, 4) is 0 Å². The largest absolute Gasteiger partial charge is 0.360 e. The number of allylic oxidation sites excluding steroid dienone is 1. The van der Waals surface area contributed by atoms with Crippen LogP contribution in [-0.2, 0) is 21.4 Å². The van der Waals surface area contributed by atoms with Crippen LogP contribution in [0.4, 0.5) is 0 Å². The average molecular weight is 351 g/mol. The van der Waals surface area contributed by atoms with Crippen molar-refractivity contribution in [2.45, 2.75) is 31.2 Å². The van der Waals surface area contributed by atoms with Crippen molar-refractivity contribution in [2.24, 2.45) is 4.99 Å². The highest BCUT2D eigenvalue weighted by molar-refractivity contribution is 7.89. The molecule has 0 bridgehead atoms. The molecule has 2 aromatic rings. The molecule has 1 aliphatic rings. The Labute approximate surface area is 136 Å². The Bertz CT molecular complexity index is 920. The number of dihydropyridines is 1. The van der Waals surface area contributed by atoms with E-state index in [2.05, 4.69) is 25.0 Å². The number of carbonyl (C=O) groups excluding carboxylic acids is 1. The molecule has 3 rings (SSSR count). The molecule has 0 aromatic carbocycles. The van der Waals surface area contributed by atoms with Gasteiger partial charge < -0.3 is 9.05 Å². The van der Waals surface area contributed by atoms with Crippen LogP contribution in [-0.4, -0.2) is 35.8 Å². The third-order valence-electron chi connectivity index (χ3n) is 3.27. The molecule has 0 spiro atoms. The third-order valence-corrected chi connectivity index (χ3v) is 4.91. The van der Waals surface area contributed by atoms with Gasteiger partial charge in [0.2, 0.25) is 15.9 Å². The molecule has 0 saturated carbocycles. The van der Waals surface area contributed by atoms with Gasteiger partial charge in [0.05, 0.1) is 6.54 Å². The van der Waals surface area contributed by atoms with Crippen LogP contribution in [0.15, 0.2) is 31.1 Å². The van der Waals surface area contributed by atoms with Gasteiger partial charge in [0.15, 0.2) is 11.6 Å². The van der Waals surface area contributed by atoms with E-state index in [1.54, 1.807) is 12.2 Å². The summed E-state index contributed by atoms with van der Waals surface area (Å²) in [5.41, 5.74) is 0.252. The number of amides is 1. The molecule has 1 amide bonds. The van der Waals surface area contributed by atoms with Gasteiger partial charge in [0.1, 0.15) is 16.5 Å². The Morgan fingerprint density at radius 1 is 1.25 bits per heavy atom. The maximum Gasteiger partial charge on any atom is 0.260 e. The predicted octanol–water partition coefficient (Wildman–Crippen LogP) is 0.404. The van der Waals surface area contributed by atoms with E-state index >= 15 is 0 Å². The second-order valence-electron chi connectivity index (χ2n) is 5.00. The lowest BCUT2D eigenvalue weighted by atomic mass is 10.1. The lowest BCUT2D eigenvalue weighted by molar-refractivity contribution is -0.118. The van der Waals surface area contributed by atoms with Crippen LogP contribution >= 0.6 is 0 Å².